The van der Waals surface area contributed by atoms with E-state index >= 15 is 0 Å². The number of halogens is 1. The molecule has 2 heterocycles. The highest BCUT2D eigenvalue weighted by atomic mass is 35.5. The summed E-state index contributed by atoms with van der Waals surface area (Å²) in [6.45, 7) is 3.53. The molecule has 6 nitrogen and oxygen atoms in total. The molecule has 1 aromatic heterocycles. The van der Waals surface area contributed by atoms with E-state index in [1.165, 1.54) is 0 Å². The van der Waals surface area contributed by atoms with Crippen LogP contribution in [0.3, 0.4) is 0 Å². The van der Waals surface area contributed by atoms with E-state index in [0.717, 1.165) is 22.6 Å². The van der Waals surface area contributed by atoms with Gasteiger partial charge in [0, 0.05) is 18.0 Å². The summed E-state index contributed by atoms with van der Waals surface area (Å²) in [4.78, 5) is 16.1. The topological polar surface area (TPSA) is 65.4 Å². The normalized spacial score (nSPS) is 12.7. The van der Waals surface area contributed by atoms with Crippen LogP contribution in [0.5, 0.6) is 11.5 Å². The van der Waals surface area contributed by atoms with Gasteiger partial charge in [0.25, 0.3) is 5.56 Å². The molecule has 27 heavy (non-hydrogen) atoms. The minimum Gasteiger partial charge on any atom is -0.486 e. The lowest BCUT2D eigenvalue weighted by Crippen LogP contribution is -2.18. The van der Waals surface area contributed by atoms with Crippen molar-refractivity contribution in [3.05, 3.63) is 75.2 Å². The van der Waals surface area contributed by atoms with Crippen molar-refractivity contribution < 1.29 is 9.47 Å². The fourth-order valence-corrected chi connectivity index (χ4v) is 3.07. The van der Waals surface area contributed by atoms with Gasteiger partial charge >= 0.3 is 0 Å². The molecule has 1 N–H and O–H groups in total. The van der Waals surface area contributed by atoms with E-state index in [2.05, 4.69) is 10.3 Å². The minimum absolute atomic E-state index is 0.0791. The Morgan fingerprint density at radius 1 is 1.15 bits per heavy atom. The van der Waals surface area contributed by atoms with Crippen molar-refractivity contribution >= 4 is 23.2 Å². The molecule has 0 atom stereocenters. The number of benzene rings is 2. The third kappa shape index (κ3) is 3.75. The first-order valence-electron chi connectivity index (χ1n) is 8.58. The van der Waals surface area contributed by atoms with Crippen molar-refractivity contribution in [2.45, 2.75) is 13.5 Å². The molecule has 7 heteroatoms. The first kappa shape index (κ1) is 17.4. The quantitative estimate of drug-likeness (QED) is 0.743. The first-order chi connectivity index (χ1) is 13.1. The summed E-state index contributed by atoms with van der Waals surface area (Å²) < 4.78 is 13.1. The smallest absolute Gasteiger partial charge is 0.293 e. The van der Waals surface area contributed by atoms with Gasteiger partial charge in [-0.2, -0.15) is 4.98 Å². The van der Waals surface area contributed by atoms with Crippen LogP contribution in [0.15, 0.2) is 53.5 Å². The maximum absolute atomic E-state index is 12.0. The van der Waals surface area contributed by atoms with Crippen LogP contribution in [-0.4, -0.2) is 22.8 Å². The minimum atomic E-state index is -0.473. The number of fused-ring (bicyclic) bond motifs is 1. The van der Waals surface area contributed by atoms with Crippen molar-refractivity contribution in [1.82, 2.24) is 9.55 Å². The van der Waals surface area contributed by atoms with Gasteiger partial charge in [0.2, 0.25) is 5.95 Å². The average Bonchev–Trinajstić information content (AvgIpc) is 2.67. The van der Waals surface area contributed by atoms with Gasteiger partial charge in [-0.05, 0) is 24.1 Å². The molecule has 0 aliphatic carbocycles. The lowest BCUT2D eigenvalue weighted by molar-refractivity contribution is 0.171. The standard InChI is InChI=1S/C20H18ClN3O3/c1-13-9-17-18(27-8-7-26-17)10-16(13)22-20-23-19(25)15(21)12-24(20)11-14-5-3-2-4-6-14/h2-6,9-10,12H,7-8,11H2,1H3,(H,22,23,25). The average molecular weight is 384 g/mol. The van der Waals surface area contributed by atoms with Crippen LogP contribution in [0.4, 0.5) is 11.6 Å². The van der Waals surface area contributed by atoms with E-state index in [4.69, 9.17) is 21.1 Å². The maximum atomic E-state index is 12.0. The highest BCUT2D eigenvalue weighted by molar-refractivity contribution is 6.30. The van der Waals surface area contributed by atoms with Gasteiger partial charge in [-0.25, -0.2) is 0 Å². The molecule has 3 aromatic rings. The monoisotopic (exact) mass is 383 g/mol. The molecule has 2 aromatic carbocycles. The van der Waals surface area contributed by atoms with E-state index in [9.17, 15) is 4.79 Å². The summed E-state index contributed by atoms with van der Waals surface area (Å²) >= 11 is 6.02. The van der Waals surface area contributed by atoms with Gasteiger partial charge in [0.15, 0.2) is 11.5 Å². The van der Waals surface area contributed by atoms with Crippen molar-refractivity contribution in [3.63, 3.8) is 0 Å². The Morgan fingerprint density at radius 2 is 1.85 bits per heavy atom. The molecule has 0 saturated carbocycles. The van der Waals surface area contributed by atoms with Gasteiger partial charge in [-0.3, -0.25) is 4.79 Å². The van der Waals surface area contributed by atoms with Gasteiger partial charge in [-0.1, -0.05) is 41.9 Å². The number of nitrogens with zero attached hydrogens (tertiary/aromatic N) is 2. The zero-order valence-corrected chi connectivity index (χ0v) is 15.5. The second-order valence-corrected chi connectivity index (χ2v) is 6.67. The van der Waals surface area contributed by atoms with Crippen LogP contribution in [-0.2, 0) is 6.54 Å². The predicted molar refractivity (Wildman–Crippen MR) is 105 cm³/mol. The zero-order chi connectivity index (χ0) is 18.8. The van der Waals surface area contributed by atoms with Crippen molar-refractivity contribution in [1.29, 1.82) is 0 Å². The molecule has 0 bridgehead atoms. The summed E-state index contributed by atoms with van der Waals surface area (Å²) in [6, 6.07) is 13.7. The van der Waals surface area contributed by atoms with E-state index in [0.29, 0.717) is 31.5 Å². The molecular weight excluding hydrogens is 366 g/mol. The molecule has 4 rings (SSSR count). The Bertz CT molecular complexity index is 1030. The zero-order valence-electron chi connectivity index (χ0n) is 14.7. The van der Waals surface area contributed by atoms with Crippen LogP contribution in [0, 0.1) is 6.92 Å². The van der Waals surface area contributed by atoms with E-state index in [1.807, 2.05) is 54.0 Å². The Balaban J connectivity index is 1.71. The molecule has 0 amide bonds. The molecule has 0 radical (unpaired) electrons. The molecule has 0 saturated heterocycles. The summed E-state index contributed by atoms with van der Waals surface area (Å²) in [5.41, 5.74) is 2.34. The number of rotatable bonds is 4. The molecule has 1 aliphatic rings. The highest BCUT2D eigenvalue weighted by Crippen LogP contribution is 2.36. The molecule has 138 valence electrons. The number of hydrogen-bond acceptors (Lipinski definition) is 5. The van der Waals surface area contributed by atoms with E-state index < -0.39 is 5.56 Å². The Hall–Kier alpha value is -2.99. The largest absolute Gasteiger partial charge is 0.486 e. The van der Waals surface area contributed by atoms with E-state index in [-0.39, 0.29) is 5.02 Å². The van der Waals surface area contributed by atoms with E-state index in [1.54, 1.807) is 6.20 Å². The summed E-state index contributed by atoms with van der Waals surface area (Å²) in [6.07, 6.45) is 1.60. The number of aryl methyl sites for hydroxylation is 1. The SMILES string of the molecule is Cc1cc2c(cc1Nc1nc(=O)c(Cl)cn1Cc1ccccc1)OCCO2. The lowest BCUT2D eigenvalue weighted by atomic mass is 10.1. The number of hydrogen-bond donors (Lipinski definition) is 1. The molecule has 1 aliphatic heterocycles. The molecule has 0 spiro atoms. The van der Waals surface area contributed by atoms with Crippen LogP contribution >= 0.6 is 11.6 Å². The van der Waals surface area contributed by atoms with Crippen LogP contribution in [0.2, 0.25) is 5.02 Å². The van der Waals surface area contributed by atoms with Gasteiger partial charge in [0.1, 0.15) is 18.2 Å². The van der Waals surface area contributed by atoms with Crippen molar-refractivity contribution in [3.8, 4) is 11.5 Å². The van der Waals surface area contributed by atoms with Crippen molar-refractivity contribution in [2.24, 2.45) is 0 Å². The van der Waals surface area contributed by atoms with Crippen molar-refractivity contribution in [2.75, 3.05) is 18.5 Å². The molecule has 0 unspecified atom stereocenters. The number of aromatic nitrogens is 2. The second-order valence-electron chi connectivity index (χ2n) is 6.27. The van der Waals surface area contributed by atoms with Gasteiger partial charge in [0.05, 0.1) is 6.54 Å². The fourth-order valence-electron chi connectivity index (χ4n) is 2.91. The summed E-state index contributed by atoms with van der Waals surface area (Å²) in [5.74, 6) is 1.79. The summed E-state index contributed by atoms with van der Waals surface area (Å²) in [5, 5.41) is 3.32. The Kier molecular flexibility index (Phi) is 4.73. The third-order valence-electron chi connectivity index (χ3n) is 4.28. The number of nitrogens with one attached hydrogen (secondary N) is 1. The van der Waals surface area contributed by atoms with Crippen LogP contribution in [0.1, 0.15) is 11.1 Å². The number of ether oxygens (including phenoxy) is 2. The molecule has 0 fully saturated rings. The van der Waals surface area contributed by atoms with Gasteiger partial charge in [-0.15, -0.1) is 0 Å². The third-order valence-corrected chi connectivity index (χ3v) is 4.54. The van der Waals surface area contributed by atoms with Crippen LogP contribution < -0.4 is 20.3 Å². The van der Waals surface area contributed by atoms with Gasteiger partial charge < -0.3 is 19.4 Å². The Morgan fingerprint density at radius 3 is 2.59 bits per heavy atom. The maximum Gasteiger partial charge on any atom is 0.293 e. The fraction of sp³-hybridized carbons (Fsp3) is 0.200. The van der Waals surface area contributed by atoms with Crippen LogP contribution in [0.25, 0.3) is 0 Å². The number of anilines is 2. The molecular formula is C20H18ClN3O3. The predicted octanol–water partition coefficient (Wildman–Crippen LogP) is 3.77. The lowest BCUT2D eigenvalue weighted by Gasteiger charge is -2.21. The first-order valence-corrected chi connectivity index (χ1v) is 8.96. The highest BCUT2D eigenvalue weighted by Gasteiger charge is 2.16. The summed E-state index contributed by atoms with van der Waals surface area (Å²) in [7, 11) is 0. The Labute approximate surface area is 161 Å². The second kappa shape index (κ2) is 7.32.